The predicted molar refractivity (Wildman–Crippen MR) is 183 cm³/mol. The second kappa shape index (κ2) is 26.1. The Morgan fingerprint density at radius 3 is 1.61 bits per heavy atom. The Kier molecular flexibility index (Phi) is 24.3. The number of ether oxygens (including phenoxy) is 10. The molecule has 4 rings (SSSR count). The van der Waals surface area contributed by atoms with Crippen LogP contribution >= 0.6 is 0 Å². The number of aliphatic hydroxyl groups is 10. The molecule has 4 saturated heterocycles. The number of hydrogen-bond acceptors (Lipinski definition) is 24. The Morgan fingerprint density at radius 2 is 1.07 bits per heavy atom. The zero-order chi connectivity index (χ0) is 43.9. The van der Waals surface area contributed by atoms with Crippen LogP contribution < -0.4 is 64.2 Å². The molecule has 4 fully saturated rings. The number of carbonyl (C=O) groups excluding carboxylic acids is 3. The topological polar surface area (TPSA) is 369 Å². The minimum atomic E-state index is -1.90. The zero-order valence-electron chi connectivity index (χ0n) is 34.6. The van der Waals surface area contributed by atoms with Crippen LogP contribution in [0.3, 0.4) is 0 Å². The summed E-state index contributed by atoms with van der Waals surface area (Å²) in [6, 6.07) is 0. The van der Waals surface area contributed by atoms with E-state index in [4.69, 9.17) is 47.4 Å². The van der Waals surface area contributed by atoms with Crippen molar-refractivity contribution in [2.75, 3.05) is 40.6 Å². The van der Waals surface area contributed by atoms with E-state index in [2.05, 4.69) is 0 Å². The summed E-state index contributed by atoms with van der Waals surface area (Å²) >= 11 is 0. The van der Waals surface area contributed by atoms with E-state index in [1.807, 2.05) is 0 Å². The number of carboxylic acid groups (broad SMARTS) is 1. The molecule has 21 atom stereocenters. The van der Waals surface area contributed by atoms with Gasteiger partial charge in [-0.3, -0.25) is 9.59 Å². The van der Waals surface area contributed by atoms with Crippen molar-refractivity contribution in [1.82, 2.24) is 0 Å². The molecule has 9 unspecified atom stereocenters. The van der Waals surface area contributed by atoms with Crippen LogP contribution in [0.15, 0.2) is 0 Å². The summed E-state index contributed by atoms with van der Waals surface area (Å²) < 4.78 is 54.8. The second-order valence-corrected chi connectivity index (χ2v) is 14.7. The first-order valence-electron chi connectivity index (χ1n) is 18.9. The summed E-state index contributed by atoms with van der Waals surface area (Å²) in [5.74, 6) is -7.03. The minimum absolute atomic E-state index is 0. The number of carboxylic acids is 1. The molecule has 61 heavy (non-hydrogen) atoms. The Balaban J connectivity index is 0.00000641. The molecule has 0 amide bonds. The van der Waals surface area contributed by atoms with Gasteiger partial charge in [0.25, 0.3) is 5.97 Å². The average molecular weight is 907 g/mol. The third-order valence-electron chi connectivity index (χ3n) is 10.8. The maximum Gasteiger partial charge on any atom is 1.00 e. The number of aliphatic hydroxyl groups excluding tert-OH is 10. The second-order valence-electron chi connectivity index (χ2n) is 14.7. The van der Waals surface area contributed by atoms with Crippen molar-refractivity contribution in [1.29, 1.82) is 0 Å². The predicted octanol–water partition coefficient (Wildman–Crippen LogP) is -13.7. The molecule has 4 aliphatic heterocycles. The van der Waals surface area contributed by atoms with Crippen molar-refractivity contribution in [2.24, 2.45) is 11.8 Å². The van der Waals surface area contributed by atoms with Crippen LogP contribution in [0.1, 0.15) is 26.7 Å². The van der Waals surface area contributed by atoms with E-state index in [0.29, 0.717) is 0 Å². The van der Waals surface area contributed by atoms with Crippen LogP contribution in [0.2, 0.25) is 0 Å². The Bertz CT molecular complexity index is 1350. The quantitative estimate of drug-likeness (QED) is 0.0347. The first kappa shape index (κ1) is 56.8. The molecule has 4 aliphatic rings. The summed E-state index contributed by atoms with van der Waals surface area (Å²) in [6.45, 7) is 0.0520. The van der Waals surface area contributed by atoms with Crippen LogP contribution in [0, 0.1) is 18.3 Å². The normalized spacial score (nSPS) is 42.0. The molecule has 10 N–H and O–H groups in total. The molecule has 0 radical (unpaired) electrons. The van der Waals surface area contributed by atoms with Gasteiger partial charge < -0.3 is 115 Å². The van der Waals surface area contributed by atoms with Gasteiger partial charge in [0.1, 0.15) is 73.2 Å². The van der Waals surface area contributed by atoms with Crippen molar-refractivity contribution < 1.29 is 177 Å². The van der Waals surface area contributed by atoms with Gasteiger partial charge in [-0.05, 0) is 6.92 Å². The molecular weight excluding hydrogens is 850 g/mol. The molecule has 0 saturated carbocycles. The maximum absolute atomic E-state index is 13.2. The molecule has 0 aromatic rings. The van der Waals surface area contributed by atoms with Crippen LogP contribution in [0.4, 0.5) is 0 Å². The number of methoxy groups -OCH3 is 2. The SMILES string of the molecule is CO[C@H]1O[C@@H](CO)[C@H](O[C@@H]2OC(CO)[C@@H](C)[C@H](O)C2OC(=O)CC([CH-]CC(=O)OC2C(O)[C@@H](O[C@@H]3C(CO)O[C@@H](C)C(O)[C@H]3O)O[C@@H](CO)[C@@H]2OC)C(=O)[O-])C(O)C1O.[Na+].[Na+]. The summed E-state index contributed by atoms with van der Waals surface area (Å²) in [4.78, 5) is 38.4. The van der Waals surface area contributed by atoms with Crippen molar-refractivity contribution in [3.8, 4) is 0 Å². The van der Waals surface area contributed by atoms with E-state index in [-0.39, 0.29) is 59.1 Å². The summed E-state index contributed by atoms with van der Waals surface area (Å²) in [6.07, 6.45) is -29.6. The molecular formula is C35H56Na2O24. The van der Waals surface area contributed by atoms with E-state index in [9.17, 15) is 70.6 Å². The smallest absolute Gasteiger partial charge is 0.553 e. The van der Waals surface area contributed by atoms with E-state index in [1.165, 1.54) is 21.0 Å². The van der Waals surface area contributed by atoms with Gasteiger partial charge in [0, 0.05) is 32.5 Å². The number of esters is 2. The molecule has 26 heteroatoms. The van der Waals surface area contributed by atoms with Crippen molar-refractivity contribution in [3.63, 3.8) is 0 Å². The molecule has 342 valence electrons. The fourth-order valence-electron chi connectivity index (χ4n) is 7.32. The Labute approximate surface area is 394 Å². The van der Waals surface area contributed by atoms with Gasteiger partial charge in [-0.1, -0.05) is 13.3 Å². The summed E-state index contributed by atoms with van der Waals surface area (Å²) in [5.41, 5.74) is 0. The molecule has 24 nitrogen and oxygen atoms in total. The van der Waals surface area contributed by atoms with Gasteiger partial charge in [-0.25, -0.2) is 0 Å². The molecule has 0 aromatic carbocycles. The van der Waals surface area contributed by atoms with Gasteiger partial charge in [0.05, 0.1) is 38.6 Å². The van der Waals surface area contributed by atoms with E-state index in [1.54, 1.807) is 0 Å². The Hall–Kier alpha value is -0.310. The van der Waals surface area contributed by atoms with Crippen molar-refractivity contribution in [3.05, 3.63) is 6.42 Å². The maximum atomic E-state index is 13.2. The fourth-order valence-corrected chi connectivity index (χ4v) is 7.32. The summed E-state index contributed by atoms with van der Waals surface area (Å²) in [5, 5.41) is 116. The van der Waals surface area contributed by atoms with Gasteiger partial charge in [0.15, 0.2) is 31.1 Å². The minimum Gasteiger partial charge on any atom is -0.553 e. The standard InChI is InChI=1S/C35H57O24.2Na/c1-12-15(8-36)53-35(59-28-17(10-38)54-33(51-4)25(46)24(28)45)31(21(12)42)57-20(41)7-14(32(48)49)5-6-19(40)56-30-26(47)34(55-18(11-39)29(30)50-3)58-27-16(9-37)52-13(2)22(43)23(27)44;;/h5,12-18,21-31,33-39,42-47H,6-11H2,1-4H3,(H,48,49);;/q-1;2*+1/p-1/t12-,13+,14?,15?,16?,17+,18+,21+,22?,23-,24?,25?,26?,27-,28+,29+,30?,31?,33+,34-,35+;;/m1../s1. The van der Waals surface area contributed by atoms with E-state index < -0.39 is 186 Å². The Morgan fingerprint density at radius 1 is 0.574 bits per heavy atom. The third kappa shape index (κ3) is 13.6. The third-order valence-corrected chi connectivity index (χ3v) is 10.8. The molecule has 0 bridgehead atoms. The average Bonchev–Trinajstić information content (AvgIpc) is 3.21. The van der Waals surface area contributed by atoms with E-state index in [0.717, 1.165) is 13.5 Å². The van der Waals surface area contributed by atoms with Crippen molar-refractivity contribution >= 4 is 17.9 Å². The number of carbonyl (C=O) groups is 3. The summed E-state index contributed by atoms with van der Waals surface area (Å²) in [7, 11) is 2.33. The van der Waals surface area contributed by atoms with Gasteiger partial charge in [0.2, 0.25) is 0 Å². The first-order chi connectivity index (χ1) is 28.0. The molecule has 0 aliphatic carbocycles. The van der Waals surface area contributed by atoms with Gasteiger partial charge in [-0.15, -0.1) is 5.92 Å². The van der Waals surface area contributed by atoms with Crippen LogP contribution in [0.25, 0.3) is 0 Å². The largest absolute Gasteiger partial charge is 1.00 e. The number of aliphatic carboxylic acids is 1. The van der Waals surface area contributed by atoms with Crippen molar-refractivity contribution in [2.45, 2.75) is 143 Å². The molecule has 0 spiro atoms. The zero-order valence-corrected chi connectivity index (χ0v) is 38.6. The van der Waals surface area contributed by atoms with Crippen LogP contribution in [0.5, 0.6) is 0 Å². The first-order valence-corrected chi connectivity index (χ1v) is 18.9. The molecule has 0 aromatic heterocycles. The number of hydrogen-bond donors (Lipinski definition) is 10. The van der Waals surface area contributed by atoms with Gasteiger partial charge in [-0.2, -0.15) is 0 Å². The van der Waals surface area contributed by atoms with Crippen LogP contribution in [-0.4, -0.2) is 226 Å². The van der Waals surface area contributed by atoms with E-state index >= 15 is 0 Å². The van der Waals surface area contributed by atoms with Gasteiger partial charge >= 0.3 is 65.1 Å². The monoisotopic (exact) mass is 906 g/mol. The number of rotatable bonds is 18. The van der Waals surface area contributed by atoms with Crippen LogP contribution in [-0.2, 0) is 61.8 Å². The molecule has 4 heterocycles. The fraction of sp³-hybridized carbons (Fsp3) is 0.886.